The van der Waals surface area contributed by atoms with E-state index in [-0.39, 0.29) is 22.8 Å². The maximum absolute atomic E-state index is 13.4. The number of carbonyl (C=O) groups excluding carboxylic acids is 2. The van der Waals surface area contributed by atoms with Gasteiger partial charge in [0.15, 0.2) is 34.6 Å². The fourth-order valence-electron chi connectivity index (χ4n) is 3.32. The Morgan fingerprint density at radius 3 is 2.24 bits per heavy atom. The van der Waals surface area contributed by atoms with E-state index in [1.54, 1.807) is 24.3 Å². The van der Waals surface area contributed by atoms with Crippen LogP contribution in [0.15, 0.2) is 41.0 Å². The van der Waals surface area contributed by atoms with Gasteiger partial charge in [-0.25, -0.2) is 4.79 Å². The van der Waals surface area contributed by atoms with Crippen molar-refractivity contribution in [3.8, 4) is 28.7 Å². The summed E-state index contributed by atoms with van der Waals surface area (Å²) in [5.74, 6) is -3.24. The maximum Gasteiger partial charge on any atom is 0.351 e. The minimum atomic E-state index is -2.07. The lowest BCUT2D eigenvalue weighted by atomic mass is 10.0. The molecule has 204 valence electrons. The molecule has 3 aromatic rings. The number of para-hydroxylation sites is 1. The predicted octanol–water partition coefficient (Wildman–Crippen LogP) is 0.405. The number of benzene rings is 2. The van der Waals surface area contributed by atoms with Gasteiger partial charge in [-0.05, 0) is 24.3 Å². The minimum Gasteiger partial charge on any atom is -0.539 e. The van der Waals surface area contributed by atoms with Crippen LogP contribution in [0.1, 0.15) is 15.9 Å². The molecule has 0 saturated carbocycles. The molecule has 2 aromatic carbocycles. The number of hydrogen-bond acceptors (Lipinski definition) is 10. The molecule has 0 bridgehead atoms. The molecule has 0 spiro atoms. The number of phenolic OH excluding ortho intramolecular Hbond substituents is 1. The highest BCUT2D eigenvalue weighted by atomic mass is 16.5. The van der Waals surface area contributed by atoms with Gasteiger partial charge in [-0.15, -0.1) is 0 Å². The lowest BCUT2D eigenvalue weighted by molar-refractivity contribution is -0.858. The lowest BCUT2D eigenvalue weighted by Gasteiger charge is -2.18. The van der Waals surface area contributed by atoms with Gasteiger partial charge in [0.25, 0.3) is 0 Å². The number of phenols is 1. The summed E-state index contributed by atoms with van der Waals surface area (Å²) in [6, 6.07) is 6.74. The van der Waals surface area contributed by atoms with Crippen LogP contribution in [0.2, 0.25) is 0 Å². The maximum atomic E-state index is 13.4. The molecular formula is C26H29NO11. The van der Waals surface area contributed by atoms with Crippen molar-refractivity contribution in [3.63, 3.8) is 0 Å². The Kier molecular flexibility index (Phi) is 10.5. The summed E-state index contributed by atoms with van der Waals surface area (Å²) in [5, 5.41) is 27.2. The molecule has 12 nitrogen and oxygen atoms in total. The van der Waals surface area contributed by atoms with Crippen molar-refractivity contribution in [1.82, 2.24) is 0 Å². The number of nitrogens with one attached hydrogen (secondary N) is 1. The van der Waals surface area contributed by atoms with Crippen molar-refractivity contribution in [1.29, 1.82) is 0 Å². The van der Waals surface area contributed by atoms with Crippen LogP contribution in [0.25, 0.3) is 17.0 Å². The first-order valence-electron chi connectivity index (χ1n) is 11.2. The highest BCUT2D eigenvalue weighted by Crippen LogP contribution is 2.46. The largest absolute Gasteiger partial charge is 0.539 e. The molecule has 1 heterocycles. The third-order valence-corrected chi connectivity index (χ3v) is 5.12. The Bertz CT molecular complexity index is 1310. The van der Waals surface area contributed by atoms with E-state index >= 15 is 0 Å². The SMILES string of the molecule is COc1cccc(/C=C/C(=O)c2c(OCC[NH+](C)C)c(OC)c3occc3c2OC)c1O.O=C([O-])C(=O)O. The van der Waals surface area contributed by atoms with Gasteiger partial charge in [0.2, 0.25) is 5.75 Å². The number of rotatable bonds is 10. The first-order chi connectivity index (χ1) is 18.1. The summed E-state index contributed by atoms with van der Waals surface area (Å²) in [5.41, 5.74) is 1.08. The van der Waals surface area contributed by atoms with Crippen LogP contribution in [0.5, 0.6) is 28.7 Å². The number of fused-ring (bicyclic) bond motifs is 1. The first-order valence-corrected chi connectivity index (χ1v) is 11.2. The number of furan rings is 1. The number of allylic oxidation sites excluding steroid dienone is 1. The summed E-state index contributed by atoms with van der Waals surface area (Å²) in [7, 11) is 8.45. The second kappa shape index (κ2) is 13.6. The molecule has 3 N–H and O–H groups in total. The number of likely N-dealkylation sites (N-methyl/N-ethyl adjacent to an activating group) is 1. The van der Waals surface area contributed by atoms with Crippen LogP contribution in [-0.2, 0) is 9.59 Å². The van der Waals surface area contributed by atoms with Crippen molar-refractivity contribution >= 4 is 34.8 Å². The number of methoxy groups -OCH3 is 3. The third-order valence-electron chi connectivity index (χ3n) is 5.12. The van der Waals surface area contributed by atoms with Gasteiger partial charge in [0.05, 0.1) is 47.1 Å². The zero-order chi connectivity index (χ0) is 28.4. The van der Waals surface area contributed by atoms with Crippen molar-refractivity contribution < 1.29 is 58.0 Å². The van der Waals surface area contributed by atoms with E-state index in [9.17, 15) is 9.90 Å². The van der Waals surface area contributed by atoms with Crippen LogP contribution in [0, 0.1) is 0 Å². The number of hydrogen-bond donors (Lipinski definition) is 3. The fraction of sp³-hybridized carbons (Fsp3) is 0.269. The zero-order valence-electron chi connectivity index (χ0n) is 21.5. The summed E-state index contributed by atoms with van der Waals surface area (Å²) < 4.78 is 27.9. The van der Waals surface area contributed by atoms with Crippen molar-refractivity contribution in [2.24, 2.45) is 0 Å². The number of carbonyl (C=O) groups is 3. The molecule has 0 saturated heterocycles. The van der Waals surface area contributed by atoms with Gasteiger partial charge in [0, 0.05) is 5.56 Å². The van der Waals surface area contributed by atoms with Crippen LogP contribution < -0.4 is 29.0 Å². The van der Waals surface area contributed by atoms with Crippen LogP contribution in [-0.4, -0.2) is 76.5 Å². The summed E-state index contributed by atoms with van der Waals surface area (Å²) in [6.07, 6.45) is 4.36. The predicted molar refractivity (Wildman–Crippen MR) is 133 cm³/mol. The molecule has 0 radical (unpaired) electrons. The number of quaternary nitrogens is 1. The molecule has 3 rings (SSSR count). The Morgan fingerprint density at radius 2 is 1.68 bits per heavy atom. The quantitative estimate of drug-likeness (QED) is 0.188. The smallest absolute Gasteiger partial charge is 0.351 e. The number of ketones is 1. The van der Waals surface area contributed by atoms with E-state index in [0.717, 1.165) is 0 Å². The number of carboxylic acids is 2. The molecule has 38 heavy (non-hydrogen) atoms. The molecule has 0 aliphatic rings. The van der Waals surface area contributed by atoms with Gasteiger partial charge < -0.3 is 48.4 Å². The highest BCUT2D eigenvalue weighted by Gasteiger charge is 2.28. The molecule has 0 unspecified atom stereocenters. The molecule has 12 heteroatoms. The molecule has 0 amide bonds. The Morgan fingerprint density at radius 1 is 1.03 bits per heavy atom. The fourth-order valence-corrected chi connectivity index (χ4v) is 3.32. The van der Waals surface area contributed by atoms with E-state index in [1.165, 1.54) is 44.6 Å². The van der Waals surface area contributed by atoms with Crippen molar-refractivity contribution in [2.45, 2.75) is 0 Å². The minimum absolute atomic E-state index is 0.0562. The Balaban J connectivity index is 0.000000757. The monoisotopic (exact) mass is 531 g/mol. The van der Waals surface area contributed by atoms with Crippen LogP contribution >= 0.6 is 0 Å². The second-order valence-corrected chi connectivity index (χ2v) is 7.93. The van der Waals surface area contributed by atoms with E-state index < -0.39 is 11.9 Å². The van der Waals surface area contributed by atoms with Crippen molar-refractivity contribution in [3.05, 3.63) is 47.7 Å². The number of ether oxygens (including phenoxy) is 4. The average molecular weight is 532 g/mol. The summed E-state index contributed by atoms with van der Waals surface area (Å²) >= 11 is 0. The molecule has 0 atom stereocenters. The average Bonchev–Trinajstić information content (AvgIpc) is 3.36. The Labute approximate surface area is 218 Å². The van der Waals surface area contributed by atoms with E-state index in [0.29, 0.717) is 46.9 Å². The van der Waals surface area contributed by atoms with Gasteiger partial charge in [0.1, 0.15) is 24.5 Å². The highest BCUT2D eigenvalue weighted by molar-refractivity contribution is 6.26. The molecule has 0 aliphatic heterocycles. The topological polar surface area (TPSA) is 169 Å². The normalized spacial score (nSPS) is 10.7. The number of aliphatic carboxylic acids is 2. The van der Waals surface area contributed by atoms with Gasteiger partial charge >= 0.3 is 5.97 Å². The van der Waals surface area contributed by atoms with Crippen LogP contribution in [0.4, 0.5) is 0 Å². The lowest BCUT2D eigenvalue weighted by Crippen LogP contribution is -3.06. The Hall–Kier alpha value is -4.71. The van der Waals surface area contributed by atoms with Gasteiger partial charge in [-0.1, -0.05) is 12.1 Å². The third kappa shape index (κ3) is 6.95. The summed E-state index contributed by atoms with van der Waals surface area (Å²) in [4.78, 5) is 32.6. The second-order valence-electron chi connectivity index (χ2n) is 7.93. The van der Waals surface area contributed by atoms with Gasteiger partial charge in [-0.2, -0.15) is 0 Å². The molecule has 1 aromatic heterocycles. The molecule has 0 aliphatic carbocycles. The number of carboxylic acid groups (broad SMARTS) is 2. The van der Waals surface area contributed by atoms with Gasteiger partial charge in [-0.3, -0.25) is 4.79 Å². The van der Waals surface area contributed by atoms with Crippen molar-refractivity contribution in [2.75, 3.05) is 48.6 Å². The first kappa shape index (κ1) is 29.5. The zero-order valence-corrected chi connectivity index (χ0v) is 21.5. The van der Waals surface area contributed by atoms with E-state index in [1.807, 2.05) is 14.1 Å². The van der Waals surface area contributed by atoms with Crippen LogP contribution in [0.3, 0.4) is 0 Å². The standard InChI is InChI=1S/C24H27NO7.C2H2O4/c1-25(2)12-14-32-23-19(21(29-4)16-11-13-31-22(16)24(23)30-5)17(26)10-9-15-7-6-8-18(28-3)20(15)27;3-1(4)2(5)6/h6-11,13,27H,12,14H2,1-5H3;(H,3,4)(H,5,6)/b10-9+;. The summed E-state index contributed by atoms with van der Waals surface area (Å²) in [6.45, 7) is 1.07. The van der Waals surface area contributed by atoms with E-state index in [4.69, 9.17) is 43.2 Å². The number of aromatic hydroxyl groups is 1. The molecule has 0 fully saturated rings. The molecular weight excluding hydrogens is 502 g/mol. The van der Waals surface area contributed by atoms with E-state index in [2.05, 4.69) is 0 Å².